The number of halogens is 1. The molecule has 0 bridgehead atoms. The van der Waals surface area contributed by atoms with Crippen molar-refractivity contribution in [1.82, 2.24) is 0 Å². The van der Waals surface area contributed by atoms with Crippen LogP contribution < -0.4 is 0 Å². The Hall–Kier alpha value is -1.96. The lowest BCUT2D eigenvalue weighted by Crippen LogP contribution is -1.99. The Morgan fingerprint density at radius 1 is 1.05 bits per heavy atom. The Kier molecular flexibility index (Phi) is 4.45. The van der Waals surface area contributed by atoms with Crippen molar-refractivity contribution in [1.29, 1.82) is 0 Å². The third-order valence-electron chi connectivity index (χ3n) is 3.16. The van der Waals surface area contributed by atoms with E-state index >= 15 is 0 Å². The fourth-order valence-electron chi connectivity index (χ4n) is 1.93. The number of rotatable bonds is 4. The van der Waals surface area contributed by atoms with Gasteiger partial charge in [0.25, 0.3) is 0 Å². The molecule has 0 N–H and O–H groups in total. The van der Waals surface area contributed by atoms with Crippen LogP contribution in [0.25, 0.3) is 0 Å². The van der Waals surface area contributed by atoms with Gasteiger partial charge in [-0.3, -0.25) is 4.99 Å². The maximum absolute atomic E-state index is 13.4. The minimum absolute atomic E-state index is 0.148. The van der Waals surface area contributed by atoms with Gasteiger partial charge >= 0.3 is 0 Å². The van der Waals surface area contributed by atoms with E-state index in [1.165, 1.54) is 11.6 Å². The summed E-state index contributed by atoms with van der Waals surface area (Å²) < 4.78 is 13.4. The summed E-state index contributed by atoms with van der Waals surface area (Å²) in [6.45, 7) is 4.67. The molecular formula is C17H18FN. The van der Waals surface area contributed by atoms with Crippen LogP contribution in [-0.2, 0) is 6.42 Å². The van der Waals surface area contributed by atoms with Crippen molar-refractivity contribution < 1.29 is 4.39 Å². The molecular weight excluding hydrogens is 237 g/mol. The van der Waals surface area contributed by atoms with Gasteiger partial charge in [0.15, 0.2) is 0 Å². The van der Waals surface area contributed by atoms with E-state index in [9.17, 15) is 4.39 Å². The zero-order valence-electron chi connectivity index (χ0n) is 11.4. The first-order valence-electron chi connectivity index (χ1n) is 6.48. The van der Waals surface area contributed by atoms with Crippen LogP contribution in [0.5, 0.6) is 0 Å². The fourth-order valence-corrected chi connectivity index (χ4v) is 1.93. The minimum atomic E-state index is -0.148. The molecule has 0 radical (unpaired) electrons. The van der Waals surface area contributed by atoms with Crippen molar-refractivity contribution in [3.05, 3.63) is 71.0 Å². The van der Waals surface area contributed by atoms with Gasteiger partial charge in [-0.05, 0) is 37.5 Å². The molecule has 0 fully saturated rings. The average Bonchev–Trinajstić information content (AvgIpc) is 2.41. The van der Waals surface area contributed by atoms with Crippen LogP contribution in [0.2, 0.25) is 0 Å². The van der Waals surface area contributed by atoms with E-state index < -0.39 is 0 Å². The Labute approximate surface area is 113 Å². The molecule has 1 nitrogen and oxygen atoms in total. The molecule has 0 saturated carbocycles. The lowest BCUT2D eigenvalue weighted by atomic mass is 10.1. The van der Waals surface area contributed by atoms with Crippen LogP contribution in [0.4, 0.5) is 4.39 Å². The van der Waals surface area contributed by atoms with Gasteiger partial charge in [-0.1, -0.05) is 48.0 Å². The molecule has 0 heterocycles. The molecule has 0 aliphatic carbocycles. The van der Waals surface area contributed by atoms with E-state index in [-0.39, 0.29) is 5.82 Å². The van der Waals surface area contributed by atoms with Crippen LogP contribution in [0, 0.1) is 12.7 Å². The molecule has 19 heavy (non-hydrogen) atoms. The number of nitrogens with zero attached hydrogens (tertiary/aromatic N) is 1. The summed E-state index contributed by atoms with van der Waals surface area (Å²) in [6, 6.07) is 15.2. The molecule has 0 aliphatic rings. The maximum Gasteiger partial charge on any atom is 0.126 e. The van der Waals surface area contributed by atoms with Gasteiger partial charge in [-0.15, -0.1) is 0 Å². The predicted molar refractivity (Wildman–Crippen MR) is 78.4 cm³/mol. The van der Waals surface area contributed by atoms with Gasteiger partial charge in [0.1, 0.15) is 5.82 Å². The first-order chi connectivity index (χ1) is 9.16. The monoisotopic (exact) mass is 255 g/mol. The molecule has 0 atom stereocenters. The van der Waals surface area contributed by atoms with E-state index in [1.54, 1.807) is 6.07 Å². The van der Waals surface area contributed by atoms with Crippen molar-refractivity contribution in [2.45, 2.75) is 20.3 Å². The number of hydrogen-bond acceptors (Lipinski definition) is 1. The summed E-state index contributed by atoms with van der Waals surface area (Å²) in [4.78, 5) is 4.51. The first kappa shape index (κ1) is 13.5. The summed E-state index contributed by atoms with van der Waals surface area (Å²) in [5.74, 6) is -0.148. The van der Waals surface area contributed by atoms with Gasteiger partial charge in [0.05, 0.1) is 0 Å². The predicted octanol–water partition coefficient (Wildman–Crippen LogP) is 4.19. The molecule has 0 spiro atoms. The van der Waals surface area contributed by atoms with Crippen molar-refractivity contribution in [2.75, 3.05) is 6.54 Å². The van der Waals surface area contributed by atoms with Gasteiger partial charge < -0.3 is 0 Å². The van der Waals surface area contributed by atoms with Crippen LogP contribution in [0.3, 0.4) is 0 Å². The number of benzene rings is 2. The molecule has 2 aromatic carbocycles. The van der Waals surface area contributed by atoms with Crippen molar-refractivity contribution in [3.8, 4) is 0 Å². The van der Waals surface area contributed by atoms with Gasteiger partial charge in [0.2, 0.25) is 0 Å². The second-order valence-electron chi connectivity index (χ2n) is 4.67. The minimum Gasteiger partial charge on any atom is -0.289 e. The quantitative estimate of drug-likeness (QED) is 0.726. The lowest BCUT2D eigenvalue weighted by Gasteiger charge is -2.03. The summed E-state index contributed by atoms with van der Waals surface area (Å²) in [5.41, 5.74) is 4.08. The van der Waals surface area contributed by atoms with E-state index in [0.29, 0.717) is 13.0 Å². The maximum atomic E-state index is 13.4. The SMILES string of the molecule is CC(=NCCc1ccccc1F)c1ccc(C)cc1. The van der Waals surface area contributed by atoms with E-state index in [4.69, 9.17) is 0 Å². The Morgan fingerprint density at radius 2 is 1.74 bits per heavy atom. The van der Waals surface area contributed by atoms with Crippen LogP contribution in [0.15, 0.2) is 53.5 Å². The normalized spacial score (nSPS) is 11.6. The molecule has 0 unspecified atom stereocenters. The molecule has 0 aliphatic heterocycles. The van der Waals surface area contributed by atoms with Crippen molar-refractivity contribution >= 4 is 5.71 Å². The summed E-state index contributed by atoms with van der Waals surface area (Å²) in [6.07, 6.45) is 0.635. The highest BCUT2D eigenvalue weighted by Crippen LogP contribution is 2.08. The van der Waals surface area contributed by atoms with Gasteiger partial charge in [0, 0.05) is 12.3 Å². The van der Waals surface area contributed by atoms with E-state index in [2.05, 4.69) is 36.2 Å². The number of aryl methyl sites for hydroxylation is 1. The Bertz CT molecular complexity index is 570. The topological polar surface area (TPSA) is 12.4 Å². The van der Waals surface area contributed by atoms with Crippen molar-refractivity contribution in [3.63, 3.8) is 0 Å². The highest BCUT2D eigenvalue weighted by molar-refractivity contribution is 5.98. The Morgan fingerprint density at radius 3 is 2.42 bits per heavy atom. The fraction of sp³-hybridized carbons (Fsp3) is 0.235. The molecule has 2 aromatic rings. The van der Waals surface area contributed by atoms with Crippen molar-refractivity contribution in [2.24, 2.45) is 4.99 Å². The summed E-state index contributed by atoms with van der Waals surface area (Å²) >= 11 is 0. The van der Waals surface area contributed by atoms with E-state index in [1.807, 2.05) is 19.1 Å². The average molecular weight is 255 g/mol. The number of aliphatic imine (C=N–C) groups is 1. The standard InChI is InChI=1S/C17H18FN/c1-13-7-9-15(10-8-13)14(2)19-12-11-16-5-3-4-6-17(16)18/h3-10H,11-12H2,1-2H3. The first-order valence-corrected chi connectivity index (χ1v) is 6.48. The van der Waals surface area contributed by atoms with Crippen LogP contribution in [0.1, 0.15) is 23.6 Å². The number of hydrogen-bond donors (Lipinski definition) is 0. The van der Waals surface area contributed by atoms with Crippen LogP contribution >= 0.6 is 0 Å². The second-order valence-corrected chi connectivity index (χ2v) is 4.67. The smallest absolute Gasteiger partial charge is 0.126 e. The zero-order valence-corrected chi connectivity index (χ0v) is 11.4. The highest BCUT2D eigenvalue weighted by Gasteiger charge is 2.00. The molecule has 0 amide bonds. The van der Waals surface area contributed by atoms with E-state index in [0.717, 1.165) is 16.8 Å². The molecule has 98 valence electrons. The summed E-state index contributed by atoms with van der Waals surface area (Å²) in [5, 5.41) is 0. The van der Waals surface area contributed by atoms with Crippen LogP contribution in [-0.4, -0.2) is 12.3 Å². The van der Waals surface area contributed by atoms with Gasteiger partial charge in [-0.25, -0.2) is 4.39 Å². The zero-order chi connectivity index (χ0) is 13.7. The lowest BCUT2D eigenvalue weighted by molar-refractivity contribution is 0.609. The molecule has 0 aromatic heterocycles. The third-order valence-corrected chi connectivity index (χ3v) is 3.16. The highest BCUT2D eigenvalue weighted by atomic mass is 19.1. The molecule has 0 saturated heterocycles. The summed E-state index contributed by atoms with van der Waals surface area (Å²) in [7, 11) is 0. The third kappa shape index (κ3) is 3.75. The van der Waals surface area contributed by atoms with Gasteiger partial charge in [-0.2, -0.15) is 0 Å². The Balaban J connectivity index is 1.99. The molecule has 2 rings (SSSR count). The second kappa shape index (κ2) is 6.28. The molecule has 2 heteroatoms. The largest absolute Gasteiger partial charge is 0.289 e.